The summed E-state index contributed by atoms with van der Waals surface area (Å²) >= 11 is 0. The number of carbonyl (C=O) groups excluding carboxylic acids is 1. The third-order valence-corrected chi connectivity index (χ3v) is 8.58. The Bertz CT molecular complexity index is 1370. The van der Waals surface area contributed by atoms with Crippen molar-refractivity contribution in [2.24, 2.45) is 18.9 Å². The van der Waals surface area contributed by atoms with Crippen LogP contribution in [0.3, 0.4) is 0 Å². The van der Waals surface area contributed by atoms with Gasteiger partial charge in [0.1, 0.15) is 5.75 Å². The molecular formula is C33H40N4O3. The Labute approximate surface area is 237 Å². The molecule has 1 heterocycles. The molecule has 0 saturated heterocycles. The minimum absolute atomic E-state index is 0.0450. The quantitative estimate of drug-likeness (QED) is 0.424. The molecule has 210 valence electrons. The van der Waals surface area contributed by atoms with E-state index in [9.17, 15) is 9.90 Å². The Morgan fingerprint density at radius 2 is 1.82 bits per heavy atom. The first-order valence-electron chi connectivity index (χ1n) is 14.5. The van der Waals surface area contributed by atoms with E-state index in [1.54, 1.807) is 20.4 Å². The van der Waals surface area contributed by atoms with Crippen LogP contribution in [-0.2, 0) is 11.8 Å². The summed E-state index contributed by atoms with van der Waals surface area (Å²) in [6.45, 7) is 2.82. The van der Waals surface area contributed by atoms with Gasteiger partial charge in [-0.25, -0.2) is 0 Å². The third kappa shape index (κ3) is 6.74. The highest BCUT2D eigenvalue weighted by Crippen LogP contribution is 2.38. The highest BCUT2D eigenvalue weighted by Gasteiger charge is 2.32. The SMILES string of the molecule is COc1ccc([C@H]2CC[C@H](CN(c3cccc(C#Cc4cnn(C)n4)c3)C(=O)[C@H]3CC[C@H](O)CC3)CC2)cc1C. The van der Waals surface area contributed by atoms with Gasteiger partial charge in [0.05, 0.1) is 19.4 Å². The van der Waals surface area contributed by atoms with Crippen molar-refractivity contribution in [3.8, 4) is 17.6 Å². The van der Waals surface area contributed by atoms with Crippen molar-refractivity contribution in [1.82, 2.24) is 15.0 Å². The Hall–Kier alpha value is -3.63. The molecule has 0 radical (unpaired) electrons. The Morgan fingerprint density at radius 3 is 2.50 bits per heavy atom. The maximum Gasteiger partial charge on any atom is 0.230 e. The van der Waals surface area contributed by atoms with E-state index >= 15 is 0 Å². The number of hydrogen-bond acceptors (Lipinski definition) is 5. The van der Waals surface area contributed by atoms with Gasteiger partial charge < -0.3 is 14.7 Å². The summed E-state index contributed by atoms with van der Waals surface area (Å²) < 4.78 is 5.45. The van der Waals surface area contributed by atoms with E-state index in [2.05, 4.69) is 47.2 Å². The number of anilines is 1. The van der Waals surface area contributed by atoms with Gasteiger partial charge in [-0.1, -0.05) is 24.1 Å². The summed E-state index contributed by atoms with van der Waals surface area (Å²) in [6, 6.07) is 14.5. The summed E-state index contributed by atoms with van der Waals surface area (Å²) in [7, 11) is 3.49. The van der Waals surface area contributed by atoms with Gasteiger partial charge in [-0.3, -0.25) is 4.79 Å². The summed E-state index contributed by atoms with van der Waals surface area (Å²) in [5, 5.41) is 18.3. The lowest BCUT2D eigenvalue weighted by Gasteiger charge is -2.36. The summed E-state index contributed by atoms with van der Waals surface area (Å²) in [6.07, 6.45) is 8.67. The number of aliphatic hydroxyl groups is 1. The van der Waals surface area contributed by atoms with Crippen molar-refractivity contribution in [2.75, 3.05) is 18.6 Å². The Morgan fingerprint density at radius 1 is 1.05 bits per heavy atom. The molecule has 0 bridgehead atoms. The summed E-state index contributed by atoms with van der Waals surface area (Å²) in [5.74, 6) is 8.33. The number of aromatic nitrogens is 3. The number of benzene rings is 2. The minimum Gasteiger partial charge on any atom is -0.496 e. The second-order valence-corrected chi connectivity index (χ2v) is 11.4. The minimum atomic E-state index is -0.283. The normalized spacial score (nSPS) is 22.7. The molecule has 7 heteroatoms. The van der Waals surface area contributed by atoms with Gasteiger partial charge in [0.25, 0.3) is 0 Å². The molecule has 40 heavy (non-hydrogen) atoms. The maximum absolute atomic E-state index is 13.9. The third-order valence-electron chi connectivity index (χ3n) is 8.58. The van der Waals surface area contributed by atoms with Gasteiger partial charge in [0.2, 0.25) is 5.91 Å². The molecule has 1 N–H and O–H groups in total. The molecule has 7 nitrogen and oxygen atoms in total. The second kappa shape index (κ2) is 12.7. The van der Waals surface area contributed by atoms with E-state index in [4.69, 9.17) is 4.74 Å². The fourth-order valence-corrected chi connectivity index (χ4v) is 6.25. The van der Waals surface area contributed by atoms with Crippen LogP contribution in [0.15, 0.2) is 48.7 Å². The average Bonchev–Trinajstić information content (AvgIpc) is 3.40. The van der Waals surface area contributed by atoms with Crippen LogP contribution in [0.2, 0.25) is 0 Å². The molecule has 1 aromatic heterocycles. The first-order chi connectivity index (χ1) is 19.4. The lowest BCUT2D eigenvalue weighted by molar-refractivity contribution is -0.124. The van der Waals surface area contributed by atoms with E-state index < -0.39 is 0 Å². The second-order valence-electron chi connectivity index (χ2n) is 11.4. The molecule has 5 rings (SSSR count). The fraction of sp³-hybridized carbons (Fsp3) is 0.485. The van der Waals surface area contributed by atoms with Crippen molar-refractivity contribution in [2.45, 2.75) is 70.3 Å². The van der Waals surface area contributed by atoms with Crippen molar-refractivity contribution < 1.29 is 14.6 Å². The lowest BCUT2D eigenvalue weighted by atomic mass is 9.78. The van der Waals surface area contributed by atoms with Crippen molar-refractivity contribution in [3.05, 3.63) is 71.0 Å². The van der Waals surface area contributed by atoms with E-state index in [0.717, 1.165) is 55.5 Å². The fourth-order valence-electron chi connectivity index (χ4n) is 6.25. The maximum atomic E-state index is 13.9. The number of ether oxygens (including phenoxy) is 1. The molecule has 2 aliphatic rings. The van der Waals surface area contributed by atoms with Crippen LogP contribution in [0.25, 0.3) is 0 Å². The van der Waals surface area contributed by atoms with Gasteiger partial charge in [0.15, 0.2) is 5.69 Å². The van der Waals surface area contributed by atoms with Crippen molar-refractivity contribution in [1.29, 1.82) is 0 Å². The average molecular weight is 541 g/mol. The molecule has 3 aromatic rings. The smallest absolute Gasteiger partial charge is 0.230 e. The van der Waals surface area contributed by atoms with E-state index in [-0.39, 0.29) is 17.9 Å². The summed E-state index contributed by atoms with van der Waals surface area (Å²) in [4.78, 5) is 17.4. The summed E-state index contributed by atoms with van der Waals surface area (Å²) in [5.41, 5.74) is 4.93. The van der Waals surface area contributed by atoms with E-state index in [0.29, 0.717) is 36.9 Å². The van der Waals surface area contributed by atoms with Crippen LogP contribution >= 0.6 is 0 Å². The van der Waals surface area contributed by atoms with Crippen LogP contribution in [0, 0.1) is 30.6 Å². The predicted octanol–water partition coefficient (Wildman–Crippen LogP) is 5.39. The van der Waals surface area contributed by atoms with E-state index in [1.165, 1.54) is 15.9 Å². The highest BCUT2D eigenvalue weighted by molar-refractivity contribution is 5.95. The van der Waals surface area contributed by atoms with Crippen LogP contribution < -0.4 is 9.64 Å². The van der Waals surface area contributed by atoms with Crippen molar-refractivity contribution in [3.63, 3.8) is 0 Å². The van der Waals surface area contributed by atoms with Gasteiger partial charge >= 0.3 is 0 Å². The van der Waals surface area contributed by atoms with Crippen LogP contribution in [0.5, 0.6) is 5.75 Å². The molecule has 1 amide bonds. The number of aliphatic hydroxyl groups excluding tert-OH is 1. The first kappa shape index (κ1) is 27.9. The molecule has 0 spiro atoms. The molecule has 2 aliphatic carbocycles. The van der Waals surface area contributed by atoms with E-state index in [1.807, 2.05) is 29.2 Å². The number of amides is 1. The number of aryl methyl sites for hydroxylation is 2. The molecule has 2 saturated carbocycles. The molecule has 0 aliphatic heterocycles. The molecule has 0 unspecified atom stereocenters. The first-order valence-corrected chi connectivity index (χ1v) is 14.5. The van der Waals surface area contributed by atoms with Crippen LogP contribution in [-0.4, -0.2) is 45.8 Å². The monoisotopic (exact) mass is 540 g/mol. The van der Waals surface area contributed by atoms with Crippen LogP contribution in [0.1, 0.15) is 79.7 Å². The highest BCUT2D eigenvalue weighted by atomic mass is 16.5. The zero-order chi connectivity index (χ0) is 28.1. The molecule has 0 atom stereocenters. The molecule has 2 aromatic carbocycles. The topological polar surface area (TPSA) is 80.5 Å². The molecular weight excluding hydrogens is 500 g/mol. The number of methoxy groups -OCH3 is 1. The largest absolute Gasteiger partial charge is 0.496 e. The number of rotatable bonds is 6. The number of carbonyl (C=O) groups is 1. The van der Waals surface area contributed by atoms with Gasteiger partial charge in [-0.2, -0.15) is 9.90 Å². The van der Waals surface area contributed by atoms with Crippen molar-refractivity contribution >= 4 is 11.6 Å². The Balaban J connectivity index is 1.32. The molecule has 2 fully saturated rings. The van der Waals surface area contributed by atoms with Gasteiger partial charge in [-0.05, 0) is 111 Å². The lowest BCUT2D eigenvalue weighted by Crippen LogP contribution is -2.41. The standard InChI is InChI=1S/C33H40N4O3/c1-23-19-28(14-18-32(23)40-3)26-10-7-25(8-11-26)22-37(33(39)27-12-16-31(38)17-13-27)30-6-4-5-24(20-30)9-15-29-21-34-36(2)35-29/h4-6,14,18-21,25-27,31,38H,7-8,10-13,16-17,22H2,1-3H3/t25-,26-,27-,31-. The Kier molecular flexibility index (Phi) is 8.86. The zero-order valence-electron chi connectivity index (χ0n) is 23.8. The van der Waals surface area contributed by atoms with Crippen LogP contribution in [0.4, 0.5) is 5.69 Å². The predicted molar refractivity (Wildman–Crippen MR) is 156 cm³/mol. The van der Waals surface area contributed by atoms with Gasteiger partial charge in [-0.15, -0.1) is 5.10 Å². The zero-order valence-corrected chi connectivity index (χ0v) is 23.8. The number of hydrogen-bond donors (Lipinski definition) is 1. The van der Waals surface area contributed by atoms with Gasteiger partial charge in [0, 0.05) is 30.8 Å². The number of nitrogens with zero attached hydrogens (tertiary/aromatic N) is 4.